The van der Waals surface area contributed by atoms with Crippen LogP contribution in [0.15, 0.2) is 17.6 Å². The predicted octanol–water partition coefficient (Wildman–Crippen LogP) is 3.42. The maximum absolute atomic E-state index is 6.01. The van der Waals surface area contributed by atoms with Crippen molar-refractivity contribution in [1.29, 1.82) is 0 Å². The van der Waals surface area contributed by atoms with Crippen LogP contribution >= 0.6 is 22.9 Å². The van der Waals surface area contributed by atoms with Gasteiger partial charge in [-0.25, -0.2) is 9.97 Å². The van der Waals surface area contributed by atoms with Crippen LogP contribution in [-0.2, 0) is 6.54 Å². The van der Waals surface area contributed by atoms with E-state index in [2.05, 4.69) is 15.3 Å². The Morgan fingerprint density at radius 1 is 1.44 bits per heavy atom. The van der Waals surface area contributed by atoms with Crippen molar-refractivity contribution in [2.75, 3.05) is 5.32 Å². The van der Waals surface area contributed by atoms with Gasteiger partial charge in [-0.05, 0) is 25.5 Å². The fourth-order valence-corrected chi connectivity index (χ4v) is 2.37. The standard InChI is InChI=1S/C11H12ClN3S/c1-7-3-4-13-11(12)10(7)14-5-9-15-8(2)6-16-9/h3-4,6,14H,5H2,1-2H3. The third-order valence-electron chi connectivity index (χ3n) is 2.20. The number of hydrogen-bond acceptors (Lipinski definition) is 4. The number of anilines is 1. The summed E-state index contributed by atoms with van der Waals surface area (Å²) in [5.74, 6) is 0. The summed E-state index contributed by atoms with van der Waals surface area (Å²) in [6.07, 6.45) is 1.70. The van der Waals surface area contributed by atoms with Crippen molar-refractivity contribution in [3.8, 4) is 0 Å². The number of hydrogen-bond donors (Lipinski definition) is 1. The second-order valence-corrected chi connectivity index (χ2v) is 4.83. The SMILES string of the molecule is Cc1csc(CNc2c(C)ccnc2Cl)n1. The summed E-state index contributed by atoms with van der Waals surface area (Å²) in [5.41, 5.74) is 3.03. The molecule has 16 heavy (non-hydrogen) atoms. The molecule has 0 aliphatic rings. The van der Waals surface area contributed by atoms with Crippen molar-refractivity contribution in [2.45, 2.75) is 20.4 Å². The minimum Gasteiger partial charge on any atom is -0.376 e. The van der Waals surface area contributed by atoms with E-state index in [1.165, 1.54) is 0 Å². The van der Waals surface area contributed by atoms with Crippen LogP contribution in [-0.4, -0.2) is 9.97 Å². The highest BCUT2D eigenvalue weighted by Gasteiger charge is 2.05. The zero-order valence-electron chi connectivity index (χ0n) is 9.12. The van der Waals surface area contributed by atoms with E-state index in [0.717, 1.165) is 22.0 Å². The summed E-state index contributed by atoms with van der Waals surface area (Å²) in [5, 5.41) is 6.86. The van der Waals surface area contributed by atoms with Crippen molar-refractivity contribution in [2.24, 2.45) is 0 Å². The lowest BCUT2D eigenvalue weighted by Crippen LogP contribution is -2.02. The van der Waals surface area contributed by atoms with Crippen molar-refractivity contribution in [3.63, 3.8) is 0 Å². The zero-order chi connectivity index (χ0) is 11.5. The molecule has 0 atom stereocenters. The first-order valence-electron chi connectivity index (χ1n) is 4.93. The third-order valence-corrected chi connectivity index (χ3v) is 3.45. The average molecular weight is 254 g/mol. The second-order valence-electron chi connectivity index (χ2n) is 3.53. The van der Waals surface area contributed by atoms with Gasteiger partial charge in [0.05, 0.1) is 12.2 Å². The molecule has 0 amide bonds. The van der Waals surface area contributed by atoms with E-state index in [4.69, 9.17) is 11.6 Å². The summed E-state index contributed by atoms with van der Waals surface area (Å²) in [7, 11) is 0. The quantitative estimate of drug-likeness (QED) is 0.852. The van der Waals surface area contributed by atoms with E-state index in [1.807, 2.05) is 25.3 Å². The molecule has 0 aromatic carbocycles. The van der Waals surface area contributed by atoms with Crippen LogP contribution in [0, 0.1) is 13.8 Å². The molecule has 0 fully saturated rings. The van der Waals surface area contributed by atoms with Gasteiger partial charge in [-0.15, -0.1) is 11.3 Å². The number of aryl methyl sites for hydroxylation is 2. The van der Waals surface area contributed by atoms with Crippen molar-refractivity contribution in [1.82, 2.24) is 9.97 Å². The Morgan fingerprint density at radius 3 is 2.88 bits per heavy atom. The molecule has 3 nitrogen and oxygen atoms in total. The molecule has 2 aromatic rings. The van der Waals surface area contributed by atoms with Crippen LogP contribution < -0.4 is 5.32 Å². The lowest BCUT2D eigenvalue weighted by molar-refractivity contribution is 1.07. The maximum atomic E-state index is 6.01. The Balaban J connectivity index is 2.10. The molecule has 84 valence electrons. The summed E-state index contributed by atoms with van der Waals surface area (Å²) >= 11 is 7.65. The van der Waals surface area contributed by atoms with Gasteiger partial charge in [-0.1, -0.05) is 11.6 Å². The van der Waals surface area contributed by atoms with Crippen LogP contribution in [0.1, 0.15) is 16.3 Å². The van der Waals surface area contributed by atoms with Crippen molar-refractivity contribution >= 4 is 28.6 Å². The monoisotopic (exact) mass is 253 g/mol. The molecular formula is C11H12ClN3S. The van der Waals surface area contributed by atoms with Gasteiger partial charge in [0.2, 0.25) is 0 Å². The molecule has 0 aliphatic carbocycles. The van der Waals surface area contributed by atoms with Gasteiger partial charge in [0, 0.05) is 17.3 Å². The van der Waals surface area contributed by atoms with Crippen LogP contribution in [0.5, 0.6) is 0 Å². The molecule has 2 rings (SSSR count). The molecule has 2 aromatic heterocycles. The fraction of sp³-hybridized carbons (Fsp3) is 0.273. The minimum absolute atomic E-state index is 0.508. The molecule has 0 unspecified atom stereocenters. The van der Waals surface area contributed by atoms with Gasteiger partial charge in [0.1, 0.15) is 5.01 Å². The molecule has 0 aliphatic heterocycles. The van der Waals surface area contributed by atoms with Crippen LogP contribution in [0.4, 0.5) is 5.69 Å². The van der Waals surface area contributed by atoms with Crippen molar-refractivity contribution < 1.29 is 0 Å². The Labute approximate surface area is 104 Å². The first-order valence-corrected chi connectivity index (χ1v) is 6.18. The average Bonchev–Trinajstić information content (AvgIpc) is 2.63. The highest BCUT2D eigenvalue weighted by atomic mass is 35.5. The topological polar surface area (TPSA) is 37.8 Å². The number of aromatic nitrogens is 2. The number of nitrogens with one attached hydrogen (secondary N) is 1. The first kappa shape index (κ1) is 11.4. The van der Waals surface area contributed by atoms with Gasteiger partial charge in [0.25, 0.3) is 0 Å². The van der Waals surface area contributed by atoms with Crippen LogP contribution in [0.3, 0.4) is 0 Å². The Hall–Kier alpha value is -1.13. The summed E-state index contributed by atoms with van der Waals surface area (Å²) in [4.78, 5) is 8.42. The van der Waals surface area contributed by atoms with Gasteiger partial charge in [-0.3, -0.25) is 0 Å². The molecule has 5 heteroatoms. The third kappa shape index (κ3) is 2.51. The molecule has 0 saturated carbocycles. The fourth-order valence-electron chi connectivity index (χ4n) is 1.39. The van der Waals surface area contributed by atoms with E-state index >= 15 is 0 Å². The van der Waals surface area contributed by atoms with Gasteiger partial charge in [0.15, 0.2) is 5.15 Å². The van der Waals surface area contributed by atoms with E-state index < -0.39 is 0 Å². The predicted molar refractivity (Wildman–Crippen MR) is 68.2 cm³/mol. The summed E-state index contributed by atoms with van der Waals surface area (Å²) in [6, 6.07) is 1.93. The van der Waals surface area contributed by atoms with E-state index in [1.54, 1.807) is 17.5 Å². The van der Waals surface area contributed by atoms with Gasteiger partial charge >= 0.3 is 0 Å². The number of pyridine rings is 1. The molecule has 0 saturated heterocycles. The van der Waals surface area contributed by atoms with E-state index in [0.29, 0.717) is 11.7 Å². The number of halogens is 1. The minimum atomic E-state index is 0.508. The molecule has 0 bridgehead atoms. The molecule has 0 radical (unpaired) electrons. The van der Waals surface area contributed by atoms with E-state index in [9.17, 15) is 0 Å². The Bertz CT molecular complexity index is 475. The van der Waals surface area contributed by atoms with Crippen LogP contribution in [0.2, 0.25) is 5.15 Å². The second kappa shape index (κ2) is 4.80. The summed E-state index contributed by atoms with van der Waals surface area (Å²) in [6.45, 7) is 4.68. The van der Waals surface area contributed by atoms with Crippen LogP contribution in [0.25, 0.3) is 0 Å². The first-order chi connectivity index (χ1) is 7.66. The van der Waals surface area contributed by atoms with Gasteiger partial charge < -0.3 is 5.32 Å². The number of nitrogens with zero attached hydrogens (tertiary/aromatic N) is 2. The smallest absolute Gasteiger partial charge is 0.152 e. The number of rotatable bonds is 3. The Kier molecular flexibility index (Phi) is 3.41. The lowest BCUT2D eigenvalue weighted by atomic mass is 10.2. The highest BCUT2D eigenvalue weighted by Crippen LogP contribution is 2.23. The molecule has 0 spiro atoms. The molecule has 2 heterocycles. The largest absolute Gasteiger partial charge is 0.376 e. The lowest BCUT2D eigenvalue weighted by Gasteiger charge is -2.08. The highest BCUT2D eigenvalue weighted by molar-refractivity contribution is 7.09. The number of thiazole rings is 1. The maximum Gasteiger partial charge on any atom is 0.152 e. The Morgan fingerprint density at radius 2 is 2.25 bits per heavy atom. The molecule has 1 N–H and O–H groups in total. The van der Waals surface area contributed by atoms with Gasteiger partial charge in [-0.2, -0.15) is 0 Å². The molecular weight excluding hydrogens is 242 g/mol. The zero-order valence-corrected chi connectivity index (χ0v) is 10.7. The van der Waals surface area contributed by atoms with E-state index in [-0.39, 0.29) is 0 Å². The normalized spacial score (nSPS) is 10.4. The van der Waals surface area contributed by atoms with Crippen molar-refractivity contribution in [3.05, 3.63) is 39.1 Å². The summed E-state index contributed by atoms with van der Waals surface area (Å²) < 4.78 is 0.